The van der Waals surface area contributed by atoms with Crippen LogP contribution in [0.4, 0.5) is 5.82 Å². The highest BCUT2D eigenvalue weighted by Crippen LogP contribution is 2.22. The zero-order chi connectivity index (χ0) is 14.7. The van der Waals surface area contributed by atoms with Crippen molar-refractivity contribution in [2.75, 3.05) is 5.32 Å². The first-order valence-corrected chi connectivity index (χ1v) is 6.25. The monoisotopic (exact) mass is 272 g/mol. The van der Waals surface area contributed by atoms with E-state index in [0.29, 0.717) is 11.3 Å². The summed E-state index contributed by atoms with van der Waals surface area (Å²) in [7, 11) is 0. The first-order chi connectivity index (χ1) is 9.50. The van der Waals surface area contributed by atoms with Crippen LogP contribution >= 0.6 is 0 Å². The van der Waals surface area contributed by atoms with Crippen molar-refractivity contribution >= 4 is 11.8 Å². The second-order valence-corrected chi connectivity index (χ2v) is 4.56. The van der Waals surface area contributed by atoms with E-state index in [9.17, 15) is 9.90 Å². The summed E-state index contributed by atoms with van der Waals surface area (Å²) >= 11 is 0. The molecule has 2 aromatic rings. The van der Waals surface area contributed by atoms with E-state index in [4.69, 9.17) is 0 Å². The smallest absolute Gasteiger partial charge is 0.339 e. The van der Waals surface area contributed by atoms with E-state index >= 15 is 0 Å². The van der Waals surface area contributed by atoms with Crippen LogP contribution in [0.2, 0.25) is 0 Å². The van der Waals surface area contributed by atoms with Crippen molar-refractivity contribution in [3.8, 4) is 0 Å². The van der Waals surface area contributed by atoms with Gasteiger partial charge < -0.3 is 10.4 Å². The average molecular weight is 272 g/mol. The number of pyridine rings is 1. The molecule has 20 heavy (non-hydrogen) atoms. The molecule has 0 bridgehead atoms. The summed E-state index contributed by atoms with van der Waals surface area (Å²) in [6.45, 7) is 5.36. The third-order valence-corrected chi connectivity index (χ3v) is 3.15. The Morgan fingerprint density at radius 3 is 2.65 bits per heavy atom. The topological polar surface area (TPSA) is 88.0 Å². The largest absolute Gasteiger partial charge is 0.478 e. The van der Waals surface area contributed by atoms with Crippen molar-refractivity contribution in [2.45, 2.75) is 26.8 Å². The Bertz CT molecular complexity index is 629. The Morgan fingerprint density at radius 1 is 1.30 bits per heavy atom. The van der Waals surface area contributed by atoms with Crippen LogP contribution in [0.25, 0.3) is 0 Å². The predicted octanol–water partition coefficient (Wildman–Crippen LogP) is 2.36. The van der Waals surface area contributed by atoms with Crippen LogP contribution < -0.4 is 5.32 Å². The summed E-state index contributed by atoms with van der Waals surface area (Å²) in [5.41, 5.74) is 2.19. The zero-order valence-corrected chi connectivity index (χ0v) is 11.6. The summed E-state index contributed by atoms with van der Waals surface area (Å²) in [6, 6.07) is 5.41. The summed E-state index contributed by atoms with van der Waals surface area (Å²) in [4.78, 5) is 15.6. The molecule has 1 unspecified atom stereocenters. The lowest BCUT2D eigenvalue weighted by atomic mass is 10.1. The molecule has 1 atom stereocenters. The van der Waals surface area contributed by atoms with Gasteiger partial charge in [0.1, 0.15) is 5.56 Å². The van der Waals surface area contributed by atoms with Crippen LogP contribution in [0.1, 0.15) is 40.3 Å². The molecule has 0 fully saturated rings. The molecular weight excluding hydrogens is 256 g/mol. The molecule has 0 aliphatic rings. The minimum Gasteiger partial charge on any atom is -0.478 e. The highest BCUT2D eigenvalue weighted by Gasteiger charge is 2.19. The van der Waals surface area contributed by atoms with E-state index in [1.165, 1.54) is 0 Å². The molecule has 2 heterocycles. The quantitative estimate of drug-likeness (QED) is 0.888. The number of carboxylic acids is 1. The fourth-order valence-corrected chi connectivity index (χ4v) is 1.88. The van der Waals surface area contributed by atoms with Gasteiger partial charge >= 0.3 is 5.97 Å². The molecule has 0 aromatic carbocycles. The van der Waals surface area contributed by atoms with Gasteiger partial charge in [0, 0.05) is 6.20 Å². The molecule has 2 N–H and O–H groups in total. The fraction of sp³-hybridized carbons (Fsp3) is 0.286. The minimum absolute atomic E-state index is 0.153. The van der Waals surface area contributed by atoms with E-state index in [2.05, 4.69) is 20.5 Å². The molecule has 2 rings (SSSR count). The second kappa shape index (κ2) is 5.64. The van der Waals surface area contributed by atoms with E-state index < -0.39 is 5.97 Å². The standard InChI is InChI=1S/C14H16N4O2/c1-8-9(2)17-18-13(12(8)14(19)20)16-10(3)11-6-4-5-7-15-11/h4-7,10H,1-3H3,(H,16,18)(H,19,20). The van der Waals surface area contributed by atoms with Gasteiger partial charge in [0.25, 0.3) is 0 Å². The number of rotatable bonds is 4. The SMILES string of the molecule is Cc1nnc(NC(C)c2ccccn2)c(C(=O)O)c1C. The van der Waals surface area contributed by atoms with Gasteiger partial charge in [-0.2, -0.15) is 5.10 Å². The Morgan fingerprint density at radius 2 is 2.05 bits per heavy atom. The summed E-state index contributed by atoms with van der Waals surface area (Å²) in [5, 5.41) is 20.3. The molecule has 0 spiro atoms. The number of anilines is 1. The van der Waals surface area contributed by atoms with Gasteiger partial charge in [0.15, 0.2) is 5.82 Å². The summed E-state index contributed by atoms with van der Waals surface area (Å²) < 4.78 is 0. The molecule has 0 aliphatic carbocycles. The maximum Gasteiger partial charge on any atom is 0.339 e. The Labute approximate surface area is 116 Å². The van der Waals surface area contributed by atoms with Gasteiger partial charge in [-0.15, -0.1) is 5.10 Å². The van der Waals surface area contributed by atoms with Crippen LogP contribution in [0.3, 0.4) is 0 Å². The summed E-state index contributed by atoms with van der Waals surface area (Å²) in [5.74, 6) is -0.755. The zero-order valence-electron chi connectivity index (χ0n) is 11.6. The Hall–Kier alpha value is -2.50. The first kappa shape index (κ1) is 13.9. The molecular formula is C14H16N4O2. The average Bonchev–Trinajstić information content (AvgIpc) is 2.43. The third-order valence-electron chi connectivity index (χ3n) is 3.15. The van der Waals surface area contributed by atoms with Gasteiger partial charge in [-0.1, -0.05) is 6.07 Å². The van der Waals surface area contributed by atoms with Gasteiger partial charge in [0.2, 0.25) is 0 Å². The van der Waals surface area contributed by atoms with E-state index in [0.717, 1.165) is 5.69 Å². The Balaban J connectivity index is 2.35. The highest BCUT2D eigenvalue weighted by molar-refractivity contribution is 5.94. The van der Waals surface area contributed by atoms with Crippen LogP contribution in [0.5, 0.6) is 0 Å². The number of nitrogens with one attached hydrogen (secondary N) is 1. The molecule has 0 saturated heterocycles. The summed E-state index contributed by atoms with van der Waals surface area (Å²) in [6.07, 6.45) is 1.69. The van der Waals surface area contributed by atoms with Gasteiger partial charge in [-0.25, -0.2) is 4.79 Å². The lowest BCUT2D eigenvalue weighted by Crippen LogP contribution is -2.16. The molecule has 104 valence electrons. The molecule has 0 amide bonds. The second-order valence-electron chi connectivity index (χ2n) is 4.56. The highest BCUT2D eigenvalue weighted by atomic mass is 16.4. The normalized spacial score (nSPS) is 11.9. The van der Waals surface area contributed by atoms with Crippen molar-refractivity contribution in [1.29, 1.82) is 0 Å². The van der Waals surface area contributed by atoms with Crippen molar-refractivity contribution in [1.82, 2.24) is 15.2 Å². The number of aryl methyl sites for hydroxylation is 1. The number of aromatic nitrogens is 3. The van der Waals surface area contributed by atoms with E-state index in [1.54, 1.807) is 20.0 Å². The molecule has 6 heteroatoms. The van der Waals surface area contributed by atoms with Gasteiger partial charge in [0.05, 0.1) is 17.4 Å². The van der Waals surface area contributed by atoms with Gasteiger partial charge in [-0.05, 0) is 38.5 Å². The van der Waals surface area contributed by atoms with Crippen LogP contribution in [-0.2, 0) is 0 Å². The molecule has 6 nitrogen and oxygen atoms in total. The maximum atomic E-state index is 11.4. The van der Waals surface area contributed by atoms with Crippen molar-refractivity contribution in [3.63, 3.8) is 0 Å². The molecule has 0 saturated carbocycles. The van der Waals surface area contributed by atoms with Crippen LogP contribution in [0, 0.1) is 13.8 Å². The lowest BCUT2D eigenvalue weighted by molar-refractivity contribution is 0.0696. The van der Waals surface area contributed by atoms with Crippen LogP contribution in [-0.4, -0.2) is 26.3 Å². The maximum absolute atomic E-state index is 11.4. The number of hydrogen-bond donors (Lipinski definition) is 2. The lowest BCUT2D eigenvalue weighted by Gasteiger charge is -2.16. The molecule has 0 aliphatic heterocycles. The third kappa shape index (κ3) is 2.74. The molecule has 2 aromatic heterocycles. The number of carbonyl (C=O) groups is 1. The number of nitrogens with zero attached hydrogens (tertiary/aromatic N) is 3. The Kier molecular flexibility index (Phi) is 3.93. The first-order valence-electron chi connectivity index (χ1n) is 6.25. The van der Waals surface area contributed by atoms with Crippen LogP contribution in [0.15, 0.2) is 24.4 Å². The van der Waals surface area contributed by atoms with E-state index in [1.807, 2.05) is 25.1 Å². The van der Waals surface area contributed by atoms with Crippen molar-refractivity contribution in [3.05, 3.63) is 46.9 Å². The van der Waals surface area contributed by atoms with Crippen molar-refractivity contribution in [2.24, 2.45) is 0 Å². The predicted molar refractivity (Wildman–Crippen MR) is 74.7 cm³/mol. The number of carboxylic acid groups (broad SMARTS) is 1. The van der Waals surface area contributed by atoms with E-state index in [-0.39, 0.29) is 17.4 Å². The molecule has 0 radical (unpaired) electrons. The van der Waals surface area contributed by atoms with Crippen molar-refractivity contribution < 1.29 is 9.90 Å². The number of hydrogen-bond acceptors (Lipinski definition) is 5. The number of aromatic carboxylic acids is 1. The fourth-order valence-electron chi connectivity index (χ4n) is 1.88. The van der Waals surface area contributed by atoms with Gasteiger partial charge in [-0.3, -0.25) is 4.98 Å². The minimum atomic E-state index is -1.02.